The molecule has 2 aromatic rings. The van der Waals surface area contributed by atoms with E-state index < -0.39 is 12.2 Å². The first-order valence-electron chi connectivity index (χ1n) is 3.75. The predicted octanol–water partition coefficient (Wildman–Crippen LogP) is 1.54. The number of nitriles is 1. The van der Waals surface area contributed by atoms with Crippen molar-refractivity contribution in [3.63, 3.8) is 0 Å². The molecule has 2 heterocycles. The van der Waals surface area contributed by atoms with E-state index in [0.717, 1.165) is 4.40 Å². The fraction of sp³-hybridized carbons (Fsp3) is 0.125. The SMILES string of the molecule is N#Cc1ccn2c(C(F)F)nnc2c1. The highest BCUT2D eigenvalue weighted by atomic mass is 19.3. The molecule has 0 saturated heterocycles. The van der Waals surface area contributed by atoms with Crippen LogP contribution < -0.4 is 0 Å². The minimum Gasteiger partial charge on any atom is -0.282 e. The summed E-state index contributed by atoms with van der Waals surface area (Å²) in [5.41, 5.74) is 0.616. The average Bonchev–Trinajstić information content (AvgIpc) is 2.59. The fourth-order valence-corrected chi connectivity index (χ4v) is 1.13. The Morgan fingerprint density at radius 3 is 2.86 bits per heavy atom. The summed E-state index contributed by atoms with van der Waals surface area (Å²) in [7, 11) is 0. The highest BCUT2D eigenvalue weighted by molar-refractivity contribution is 5.45. The molecule has 0 unspecified atom stereocenters. The van der Waals surface area contributed by atoms with Gasteiger partial charge in [-0.05, 0) is 6.07 Å². The number of pyridine rings is 1. The molecule has 0 aliphatic carbocycles. The zero-order chi connectivity index (χ0) is 10.1. The Balaban J connectivity index is 2.67. The van der Waals surface area contributed by atoms with Gasteiger partial charge in [0.15, 0.2) is 5.65 Å². The molecule has 2 aromatic heterocycles. The molecule has 6 heteroatoms. The van der Waals surface area contributed by atoms with Crippen LogP contribution >= 0.6 is 0 Å². The Labute approximate surface area is 77.4 Å². The molecule has 0 radical (unpaired) electrons. The number of rotatable bonds is 1. The third-order valence-electron chi connectivity index (χ3n) is 1.76. The number of halogens is 2. The third-order valence-corrected chi connectivity index (χ3v) is 1.76. The van der Waals surface area contributed by atoms with Crippen molar-refractivity contribution >= 4 is 5.65 Å². The molecule has 0 amide bonds. The van der Waals surface area contributed by atoms with Gasteiger partial charge in [-0.15, -0.1) is 10.2 Å². The second-order valence-electron chi connectivity index (χ2n) is 2.61. The standard InChI is InChI=1S/C8H4F2N4/c9-7(10)8-13-12-6-3-5(4-11)1-2-14(6)8/h1-3,7H. The van der Waals surface area contributed by atoms with Crippen LogP contribution in [0.2, 0.25) is 0 Å². The van der Waals surface area contributed by atoms with Crippen molar-refractivity contribution in [2.75, 3.05) is 0 Å². The number of alkyl halides is 2. The maximum atomic E-state index is 12.3. The van der Waals surface area contributed by atoms with E-state index in [9.17, 15) is 8.78 Å². The minimum absolute atomic E-state index is 0.249. The molecule has 0 fully saturated rings. The molecule has 4 nitrogen and oxygen atoms in total. The van der Waals surface area contributed by atoms with Crippen LogP contribution in [0.4, 0.5) is 8.78 Å². The third kappa shape index (κ3) is 1.19. The van der Waals surface area contributed by atoms with E-state index in [1.54, 1.807) is 0 Å². The lowest BCUT2D eigenvalue weighted by Gasteiger charge is -1.96. The van der Waals surface area contributed by atoms with Crippen molar-refractivity contribution in [3.8, 4) is 6.07 Å². The zero-order valence-electron chi connectivity index (χ0n) is 6.85. The van der Waals surface area contributed by atoms with Gasteiger partial charge < -0.3 is 0 Å². The van der Waals surface area contributed by atoms with E-state index in [2.05, 4.69) is 10.2 Å². The van der Waals surface area contributed by atoms with Crippen molar-refractivity contribution in [1.29, 1.82) is 5.26 Å². The first-order chi connectivity index (χ1) is 6.72. The minimum atomic E-state index is -2.67. The Hall–Kier alpha value is -2.03. The second kappa shape index (κ2) is 3.03. The maximum absolute atomic E-state index is 12.3. The molecular weight excluding hydrogens is 190 g/mol. The fourth-order valence-electron chi connectivity index (χ4n) is 1.13. The van der Waals surface area contributed by atoms with Crippen LogP contribution in [0, 0.1) is 11.3 Å². The summed E-state index contributed by atoms with van der Waals surface area (Å²) in [5.74, 6) is -0.413. The molecule has 0 aliphatic heterocycles. The van der Waals surface area contributed by atoms with Gasteiger partial charge in [0, 0.05) is 12.3 Å². The van der Waals surface area contributed by atoms with Crippen LogP contribution in [-0.4, -0.2) is 14.6 Å². The largest absolute Gasteiger partial charge is 0.297 e. The Morgan fingerprint density at radius 1 is 1.43 bits per heavy atom. The predicted molar refractivity (Wildman–Crippen MR) is 42.7 cm³/mol. The Bertz CT molecular complexity index is 512. The Morgan fingerprint density at radius 2 is 2.21 bits per heavy atom. The molecule has 2 rings (SSSR count). The van der Waals surface area contributed by atoms with Crippen molar-refractivity contribution in [2.24, 2.45) is 0 Å². The second-order valence-corrected chi connectivity index (χ2v) is 2.61. The molecule has 0 N–H and O–H groups in total. The molecule has 14 heavy (non-hydrogen) atoms. The summed E-state index contributed by atoms with van der Waals surface area (Å²) in [6.45, 7) is 0. The van der Waals surface area contributed by atoms with Crippen molar-refractivity contribution in [2.45, 2.75) is 6.43 Å². The van der Waals surface area contributed by atoms with Crippen LogP contribution in [0.1, 0.15) is 17.8 Å². The van der Waals surface area contributed by atoms with E-state index in [1.807, 2.05) is 6.07 Å². The van der Waals surface area contributed by atoms with Gasteiger partial charge >= 0.3 is 0 Å². The normalized spacial score (nSPS) is 10.7. The number of hydrogen-bond acceptors (Lipinski definition) is 3. The number of nitrogens with zero attached hydrogens (tertiary/aromatic N) is 4. The first-order valence-corrected chi connectivity index (χ1v) is 3.75. The molecule has 0 saturated carbocycles. The number of aromatic nitrogens is 3. The summed E-state index contributed by atoms with van der Waals surface area (Å²) in [6, 6.07) is 4.72. The molecule has 0 spiro atoms. The summed E-state index contributed by atoms with van der Waals surface area (Å²) in [4.78, 5) is 0. The van der Waals surface area contributed by atoms with E-state index in [1.165, 1.54) is 18.3 Å². The highest BCUT2D eigenvalue weighted by Crippen LogP contribution is 2.17. The van der Waals surface area contributed by atoms with Crippen LogP contribution in [0.3, 0.4) is 0 Å². The molecule has 0 aromatic carbocycles. The number of hydrogen-bond donors (Lipinski definition) is 0. The van der Waals surface area contributed by atoms with Gasteiger partial charge in [-0.25, -0.2) is 8.78 Å². The molecule has 0 bridgehead atoms. The maximum Gasteiger partial charge on any atom is 0.297 e. The topological polar surface area (TPSA) is 54.0 Å². The smallest absolute Gasteiger partial charge is 0.282 e. The van der Waals surface area contributed by atoms with Crippen molar-refractivity contribution in [3.05, 3.63) is 29.7 Å². The van der Waals surface area contributed by atoms with Gasteiger partial charge in [0.1, 0.15) is 0 Å². The Kier molecular flexibility index (Phi) is 1.85. The van der Waals surface area contributed by atoms with Crippen LogP contribution in [0.25, 0.3) is 5.65 Å². The van der Waals surface area contributed by atoms with Crippen molar-refractivity contribution < 1.29 is 8.78 Å². The van der Waals surface area contributed by atoms with E-state index in [-0.39, 0.29) is 5.65 Å². The summed E-state index contributed by atoms with van der Waals surface area (Å²) in [6.07, 6.45) is -1.31. The molecule has 0 atom stereocenters. The van der Waals surface area contributed by atoms with Gasteiger partial charge in [-0.3, -0.25) is 4.40 Å². The quantitative estimate of drug-likeness (QED) is 0.691. The van der Waals surface area contributed by atoms with Gasteiger partial charge in [0.25, 0.3) is 6.43 Å². The molecule has 70 valence electrons. The first kappa shape index (κ1) is 8.56. The van der Waals surface area contributed by atoms with E-state index in [0.29, 0.717) is 5.56 Å². The monoisotopic (exact) mass is 194 g/mol. The van der Waals surface area contributed by atoms with E-state index in [4.69, 9.17) is 5.26 Å². The van der Waals surface area contributed by atoms with Gasteiger partial charge in [0.2, 0.25) is 5.82 Å². The van der Waals surface area contributed by atoms with Crippen molar-refractivity contribution in [1.82, 2.24) is 14.6 Å². The highest BCUT2D eigenvalue weighted by Gasteiger charge is 2.15. The van der Waals surface area contributed by atoms with Crippen LogP contribution in [-0.2, 0) is 0 Å². The molecular formula is C8H4F2N4. The number of fused-ring (bicyclic) bond motifs is 1. The summed E-state index contributed by atoms with van der Waals surface area (Å²) >= 11 is 0. The zero-order valence-corrected chi connectivity index (χ0v) is 6.85. The van der Waals surface area contributed by atoms with Crippen LogP contribution in [0.15, 0.2) is 18.3 Å². The van der Waals surface area contributed by atoms with Gasteiger partial charge in [0.05, 0.1) is 11.6 Å². The van der Waals surface area contributed by atoms with E-state index >= 15 is 0 Å². The lowest BCUT2D eigenvalue weighted by Crippen LogP contribution is -1.94. The van der Waals surface area contributed by atoms with Gasteiger partial charge in [-0.2, -0.15) is 5.26 Å². The lowest BCUT2D eigenvalue weighted by molar-refractivity contribution is 0.139. The van der Waals surface area contributed by atoms with Gasteiger partial charge in [-0.1, -0.05) is 0 Å². The summed E-state index contributed by atoms with van der Waals surface area (Å²) < 4.78 is 25.8. The lowest BCUT2D eigenvalue weighted by atomic mass is 10.3. The molecule has 0 aliphatic rings. The average molecular weight is 194 g/mol. The van der Waals surface area contributed by atoms with Crippen LogP contribution in [0.5, 0.6) is 0 Å². The summed E-state index contributed by atoms with van der Waals surface area (Å²) in [5, 5.41) is 15.4.